The maximum atomic E-state index is 16.8. The normalized spacial score (nSPS) is 24.9. The van der Waals surface area contributed by atoms with Crippen molar-refractivity contribution < 1.29 is 59.7 Å². The van der Waals surface area contributed by atoms with Gasteiger partial charge in [-0.2, -0.15) is 4.98 Å². The molecule has 2 saturated heterocycles. The highest BCUT2D eigenvalue weighted by Crippen LogP contribution is 2.64. The van der Waals surface area contributed by atoms with Gasteiger partial charge in [-0.15, -0.1) is 0 Å². The van der Waals surface area contributed by atoms with Crippen LogP contribution in [0.4, 0.5) is 20.5 Å². The van der Waals surface area contributed by atoms with E-state index in [0.29, 0.717) is 34.9 Å². The summed E-state index contributed by atoms with van der Waals surface area (Å²) in [5.41, 5.74) is 12.0. The Morgan fingerprint density at radius 2 is 1.52 bits per heavy atom. The Balaban J connectivity index is 1.05. The molecular formula is C38H43BF2N10O12P2S. The van der Waals surface area contributed by atoms with Crippen molar-refractivity contribution >= 4 is 73.3 Å². The summed E-state index contributed by atoms with van der Waals surface area (Å²) in [6.45, 7) is -1.27. The second-order valence-corrected chi connectivity index (χ2v) is 21.0. The molecule has 1 unspecified atom stereocenters. The van der Waals surface area contributed by atoms with Gasteiger partial charge >= 0.3 is 12.8 Å². The first-order valence-corrected chi connectivity index (χ1v) is 25.4. The molecule has 6 heterocycles. The summed E-state index contributed by atoms with van der Waals surface area (Å²) in [6, 6.07) is 12.8. The van der Waals surface area contributed by atoms with E-state index in [1.165, 1.54) is 29.4 Å². The fraction of sp³-hybridized carbons (Fsp3) is 0.395. The van der Waals surface area contributed by atoms with E-state index < -0.39 is 81.6 Å². The number of alkyl halides is 2. The third-order valence-electron chi connectivity index (χ3n) is 10.5. The third kappa shape index (κ3) is 9.87. The number of esters is 1. The zero-order valence-corrected chi connectivity index (χ0v) is 38.1. The Labute approximate surface area is 378 Å². The van der Waals surface area contributed by atoms with Crippen LogP contribution in [0.25, 0.3) is 22.3 Å². The van der Waals surface area contributed by atoms with Crippen molar-refractivity contribution in [1.29, 1.82) is 0 Å². The molecule has 22 nitrogen and oxygen atoms in total. The standard InChI is InChI=1S/C38H43BF2N10O12P2S/c1-4-23-29(25(40)35(60-23)50-17-46-27-31(42)44-16-45-32(27)50)63-65(55,66-15-19-6-10-22(11-7-19)59-37(53)20-8-12-21(13-9-20)57-5-2)58-14-24-30(62-64(39,54)56-3)26(41)36(61-24)51-18-47-28-33(51)48-38(43)49-34(28)52/h6-13,16-18,23-26,29-30,35-36H,4-5,14-15,39H2,1-3H3,(H2,42,44,45)(H3,43,48,49,52)/t23-,24-,25-,26-,29-,30-,35-,36-,64?,65+/m1/s1. The Morgan fingerprint density at radius 1 is 0.879 bits per heavy atom. The maximum Gasteiger partial charge on any atom is 0.389 e. The van der Waals surface area contributed by atoms with Crippen molar-refractivity contribution in [3.05, 3.63) is 89.0 Å². The number of nitrogen functional groups attached to an aromatic ring is 2. The molecule has 2 fully saturated rings. The van der Waals surface area contributed by atoms with Crippen molar-refractivity contribution in [3.63, 3.8) is 0 Å². The van der Waals surface area contributed by atoms with Gasteiger partial charge in [0, 0.05) is 12.9 Å². The van der Waals surface area contributed by atoms with Gasteiger partial charge in [0.25, 0.3) is 20.6 Å². The smallest absolute Gasteiger partial charge is 0.389 e. The Bertz CT molecular complexity index is 2870. The number of nitrogens with zero attached hydrogens (tertiary/aromatic N) is 7. The minimum absolute atomic E-state index is 0.0617. The lowest BCUT2D eigenvalue weighted by molar-refractivity contribution is -0.0434. The lowest BCUT2D eigenvalue weighted by Crippen LogP contribution is -2.34. The van der Waals surface area contributed by atoms with E-state index in [1.54, 1.807) is 43.3 Å². The molecule has 28 heteroatoms. The summed E-state index contributed by atoms with van der Waals surface area (Å²) in [7, 11) is -1.72. The molecule has 2 aliphatic heterocycles. The van der Waals surface area contributed by atoms with E-state index in [2.05, 4.69) is 29.9 Å². The average molecular weight is 975 g/mol. The molecule has 5 N–H and O–H groups in total. The zero-order chi connectivity index (χ0) is 46.9. The first-order valence-electron chi connectivity index (χ1n) is 20.3. The number of benzene rings is 2. The summed E-state index contributed by atoms with van der Waals surface area (Å²) < 4.78 is 110. The summed E-state index contributed by atoms with van der Waals surface area (Å²) in [5.74, 6) is -0.0680. The summed E-state index contributed by atoms with van der Waals surface area (Å²) in [4.78, 5) is 48.2. The molecule has 0 amide bonds. The van der Waals surface area contributed by atoms with E-state index in [4.69, 9.17) is 48.5 Å². The van der Waals surface area contributed by atoms with E-state index in [1.807, 2.05) is 6.92 Å². The van der Waals surface area contributed by atoms with E-state index in [-0.39, 0.29) is 52.0 Å². The number of hydrogen-bond donors (Lipinski definition) is 3. The first-order chi connectivity index (χ1) is 31.6. The number of imidazole rings is 2. The van der Waals surface area contributed by atoms with Crippen LogP contribution < -0.4 is 26.5 Å². The van der Waals surface area contributed by atoms with Gasteiger partial charge in [-0.1, -0.05) is 19.1 Å². The number of aromatic amines is 1. The number of anilines is 2. The van der Waals surface area contributed by atoms with Crippen LogP contribution in [0.2, 0.25) is 0 Å². The first kappa shape index (κ1) is 47.2. The molecule has 6 aromatic rings. The predicted molar refractivity (Wildman–Crippen MR) is 237 cm³/mol. The summed E-state index contributed by atoms with van der Waals surface area (Å²) in [6.07, 6.45) is -8.95. The van der Waals surface area contributed by atoms with Crippen LogP contribution >= 0.6 is 25.7 Å². The average Bonchev–Trinajstić information content (AvgIpc) is 4.07. The minimum Gasteiger partial charge on any atom is -0.494 e. The van der Waals surface area contributed by atoms with Crippen LogP contribution in [-0.4, -0.2) is 110 Å². The van der Waals surface area contributed by atoms with Crippen LogP contribution in [0.1, 0.15) is 48.6 Å². The van der Waals surface area contributed by atoms with Crippen molar-refractivity contribution in [2.75, 3.05) is 31.8 Å². The van der Waals surface area contributed by atoms with Crippen molar-refractivity contribution in [3.8, 4) is 11.5 Å². The van der Waals surface area contributed by atoms with Gasteiger partial charge in [0.15, 0.2) is 47.4 Å². The number of fused-ring (bicyclic) bond motifs is 2. The van der Waals surface area contributed by atoms with Gasteiger partial charge in [-0.3, -0.25) is 32.5 Å². The largest absolute Gasteiger partial charge is 0.494 e. The fourth-order valence-electron chi connectivity index (χ4n) is 7.24. The Hall–Kier alpha value is -5.30. The lowest BCUT2D eigenvalue weighted by atomic mass is 10.1. The second-order valence-electron chi connectivity index (χ2n) is 14.9. The van der Waals surface area contributed by atoms with Crippen molar-refractivity contribution in [2.24, 2.45) is 0 Å². The van der Waals surface area contributed by atoms with Gasteiger partial charge in [-0.05, 0) is 66.7 Å². The third-order valence-corrected chi connectivity index (χ3v) is 15.5. The number of hydrogen-bond acceptors (Lipinski definition) is 20. The molecular weight excluding hydrogens is 931 g/mol. The lowest BCUT2D eigenvalue weighted by Gasteiger charge is -2.27. The van der Waals surface area contributed by atoms with E-state index in [9.17, 15) is 14.2 Å². The molecule has 2 aliphatic rings. The number of nitrogens with two attached hydrogens (primary N) is 2. The summed E-state index contributed by atoms with van der Waals surface area (Å²) in [5, 5.41) is 0. The molecule has 66 heavy (non-hydrogen) atoms. The number of nitrogens with one attached hydrogen (secondary N) is 1. The quantitative estimate of drug-likeness (QED) is 0.0449. The molecule has 10 atom stereocenters. The number of carbonyl (C=O) groups is 1. The SMILES string of the molecule is BP(=O)(OC)O[C@H]1[C@@H](F)[C@H](n2cnc3c(=O)[nH]c(N)nc32)O[C@@H]1CO[P@@](=O)(O[C@H]1[C@@H](F)[C@H](n2cnc3c(N)ncnc32)O[C@@H]1CC)SCc1ccc(OC(=O)c2ccc(OCC)cc2)cc1. The van der Waals surface area contributed by atoms with Crippen LogP contribution in [0, 0.1) is 0 Å². The van der Waals surface area contributed by atoms with Crippen LogP contribution in [0.15, 0.2) is 72.3 Å². The maximum absolute atomic E-state index is 16.8. The van der Waals surface area contributed by atoms with Gasteiger partial charge < -0.3 is 39.5 Å². The van der Waals surface area contributed by atoms with Crippen LogP contribution in [0.5, 0.6) is 11.5 Å². The highest BCUT2D eigenvalue weighted by Gasteiger charge is 2.53. The van der Waals surface area contributed by atoms with Crippen molar-refractivity contribution in [1.82, 2.24) is 39.0 Å². The molecule has 8 rings (SSSR count). The molecule has 0 radical (unpaired) electrons. The van der Waals surface area contributed by atoms with Gasteiger partial charge in [0.1, 0.15) is 41.7 Å². The highest BCUT2D eigenvalue weighted by molar-refractivity contribution is 8.54. The van der Waals surface area contributed by atoms with Gasteiger partial charge in [0.05, 0.1) is 37.5 Å². The zero-order valence-electron chi connectivity index (χ0n) is 35.5. The summed E-state index contributed by atoms with van der Waals surface area (Å²) >= 11 is 0.676. The molecule has 0 bridgehead atoms. The number of aromatic nitrogens is 8. The van der Waals surface area contributed by atoms with Crippen molar-refractivity contribution in [2.45, 2.75) is 75.2 Å². The number of carbonyl (C=O) groups excluding carboxylic acids is 1. The monoisotopic (exact) mass is 974 g/mol. The predicted octanol–water partition coefficient (Wildman–Crippen LogP) is 4.84. The second kappa shape index (κ2) is 19.5. The number of ether oxygens (including phenoxy) is 4. The number of H-pyrrole nitrogens is 1. The highest BCUT2D eigenvalue weighted by atomic mass is 32.7. The van der Waals surface area contributed by atoms with Crippen LogP contribution in [-0.2, 0) is 42.5 Å². The van der Waals surface area contributed by atoms with Crippen LogP contribution in [0.3, 0.4) is 0 Å². The van der Waals surface area contributed by atoms with E-state index >= 15 is 13.3 Å². The molecule has 350 valence electrons. The molecule has 2 aromatic carbocycles. The number of halogens is 2. The topological polar surface area (TPSA) is 284 Å². The van der Waals surface area contributed by atoms with Gasteiger partial charge in [-0.25, -0.2) is 38.1 Å². The van der Waals surface area contributed by atoms with Gasteiger partial charge in [0.2, 0.25) is 5.95 Å². The number of rotatable bonds is 18. The molecule has 0 saturated carbocycles. The Morgan fingerprint density at radius 3 is 2.18 bits per heavy atom. The fourth-order valence-corrected chi connectivity index (χ4v) is 11.4. The molecule has 0 aliphatic carbocycles. The van der Waals surface area contributed by atoms with E-state index in [0.717, 1.165) is 25.6 Å². The molecule has 4 aromatic heterocycles. The Kier molecular flexibility index (Phi) is 14.0. The molecule has 0 spiro atoms. The minimum atomic E-state index is -4.58.